The number of para-hydroxylation sites is 1. The zero-order valence-corrected chi connectivity index (χ0v) is 11.6. The topological polar surface area (TPSA) is 66.8 Å². The van der Waals surface area contributed by atoms with Crippen LogP contribution in [0.3, 0.4) is 0 Å². The molecule has 0 aliphatic heterocycles. The van der Waals surface area contributed by atoms with Gasteiger partial charge in [0.05, 0.1) is 5.69 Å². The maximum Gasteiger partial charge on any atom is 0.326 e. The number of hydrogen-bond donors (Lipinski definition) is 1. The standard InChI is InChI=1S/C14H19NO4/c1-9-6-5-7-10(2)13(9)15(11(3)14(17)18)12(16)8-19-4/h5-7,11H,8H2,1-4H3,(H,17,18)/t11-/m0/s1. The molecule has 19 heavy (non-hydrogen) atoms. The normalized spacial score (nSPS) is 12.0. The Hall–Kier alpha value is -1.88. The Morgan fingerprint density at radius 2 is 1.84 bits per heavy atom. The molecule has 5 nitrogen and oxygen atoms in total. The number of anilines is 1. The molecule has 0 aliphatic carbocycles. The van der Waals surface area contributed by atoms with Gasteiger partial charge in [-0.1, -0.05) is 18.2 Å². The molecule has 1 aromatic rings. The predicted octanol–water partition coefficient (Wildman–Crippen LogP) is 1.76. The van der Waals surface area contributed by atoms with E-state index in [-0.39, 0.29) is 12.5 Å². The fourth-order valence-electron chi connectivity index (χ4n) is 2.02. The Balaban J connectivity index is 3.31. The number of methoxy groups -OCH3 is 1. The van der Waals surface area contributed by atoms with Crippen molar-refractivity contribution >= 4 is 17.6 Å². The number of amides is 1. The number of carbonyl (C=O) groups is 2. The summed E-state index contributed by atoms with van der Waals surface area (Å²) in [6, 6.07) is 4.63. The Morgan fingerprint density at radius 3 is 2.26 bits per heavy atom. The molecule has 5 heteroatoms. The fourth-order valence-corrected chi connectivity index (χ4v) is 2.02. The van der Waals surface area contributed by atoms with Crippen LogP contribution in [0, 0.1) is 13.8 Å². The molecule has 0 aromatic heterocycles. The van der Waals surface area contributed by atoms with Gasteiger partial charge in [-0.05, 0) is 31.9 Å². The summed E-state index contributed by atoms with van der Waals surface area (Å²) in [5, 5.41) is 9.18. The van der Waals surface area contributed by atoms with E-state index >= 15 is 0 Å². The minimum absolute atomic E-state index is 0.147. The Bertz CT molecular complexity index is 464. The molecule has 0 heterocycles. The first-order valence-corrected chi connectivity index (χ1v) is 6.00. The fraction of sp³-hybridized carbons (Fsp3) is 0.429. The van der Waals surface area contributed by atoms with Crippen molar-refractivity contribution in [2.45, 2.75) is 26.8 Å². The zero-order valence-electron chi connectivity index (χ0n) is 11.6. The van der Waals surface area contributed by atoms with Crippen LogP contribution in [0.4, 0.5) is 5.69 Å². The maximum atomic E-state index is 12.1. The van der Waals surface area contributed by atoms with E-state index in [1.807, 2.05) is 32.0 Å². The molecule has 0 unspecified atom stereocenters. The van der Waals surface area contributed by atoms with Gasteiger partial charge in [0.1, 0.15) is 12.6 Å². The van der Waals surface area contributed by atoms with E-state index in [1.54, 1.807) is 0 Å². The lowest BCUT2D eigenvalue weighted by Gasteiger charge is -2.29. The van der Waals surface area contributed by atoms with Crippen molar-refractivity contribution < 1.29 is 19.4 Å². The van der Waals surface area contributed by atoms with Gasteiger partial charge >= 0.3 is 5.97 Å². The number of benzene rings is 1. The van der Waals surface area contributed by atoms with Gasteiger partial charge in [0.25, 0.3) is 5.91 Å². The molecule has 1 N–H and O–H groups in total. The quantitative estimate of drug-likeness (QED) is 0.880. The van der Waals surface area contributed by atoms with Crippen molar-refractivity contribution in [2.75, 3.05) is 18.6 Å². The first-order chi connectivity index (χ1) is 8.90. The third-order valence-electron chi connectivity index (χ3n) is 2.96. The highest BCUT2D eigenvalue weighted by molar-refractivity contribution is 6.00. The Kier molecular flexibility index (Phi) is 5.06. The number of carbonyl (C=O) groups excluding carboxylic acids is 1. The SMILES string of the molecule is COCC(=O)N(c1c(C)cccc1C)[C@@H](C)C(=O)O. The lowest BCUT2D eigenvalue weighted by Crippen LogP contribution is -2.45. The number of aliphatic carboxylic acids is 1. The number of carboxylic acids is 1. The van der Waals surface area contributed by atoms with Crippen LogP contribution in [0.5, 0.6) is 0 Å². The molecule has 0 saturated carbocycles. The van der Waals surface area contributed by atoms with E-state index in [2.05, 4.69) is 0 Å². The molecule has 0 spiro atoms. The molecular weight excluding hydrogens is 246 g/mol. The largest absolute Gasteiger partial charge is 0.480 e. The van der Waals surface area contributed by atoms with Crippen molar-refractivity contribution in [2.24, 2.45) is 0 Å². The monoisotopic (exact) mass is 265 g/mol. The minimum atomic E-state index is -1.05. The van der Waals surface area contributed by atoms with E-state index in [0.717, 1.165) is 11.1 Å². The first kappa shape index (κ1) is 15.2. The second-order valence-electron chi connectivity index (χ2n) is 4.45. The molecule has 1 atom stereocenters. The number of rotatable bonds is 5. The van der Waals surface area contributed by atoms with Crippen molar-refractivity contribution in [3.05, 3.63) is 29.3 Å². The van der Waals surface area contributed by atoms with Crippen molar-refractivity contribution in [3.8, 4) is 0 Å². The molecule has 0 bridgehead atoms. The lowest BCUT2D eigenvalue weighted by molar-refractivity contribution is -0.140. The van der Waals surface area contributed by atoms with Gasteiger partial charge in [0.2, 0.25) is 0 Å². The van der Waals surface area contributed by atoms with Crippen LogP contribution in [0.15, 0.2) is 18.2 Å². The maximum absolute atomic E-state index is 12.1. The van der Waals surface area contributed by atoms with Crippen LogP contribution in [-0.4, -0.2) is 36.7 Å². The van der Waals surface area contributed by atoms with Crippen molar-refractivity contribution in [3.63, 3.8) is 0 Å². The molecule has 0 saturated heterocycles. The summed E-state index contributed by atoms with van der Waals surface area (Å²) in [6.45, 7) is 5.04. The highest BCUT2D eigenvalue weighted by Gasteiger charge is 2.28. The first-order valence-electron chi connectivity index (χ1n) is 6.00. The summed E-state index contributed by atoms with van der Waals surface area (Å²) >= 11 is 0. The molecule has 104 valence electrons. The molecule has 0 aliphatic rings. The van der Waals surface area contributed by atoms with Crippen LogP contribution >= 0.6 is 0 Å². The van der Waals surface area contributed by atoms with Crippen LogP contribution in [0.1, 0.15) is 18.1 Å². The van der Waals surface area contributed by atoms with Crippen molar-refractivity contribution in [1.82, 2.24) is 0 Å². The minimum Gasteiger partial charge on any atom is -0.480 e. The molecule has 1 rings (SSSR count). The van der Waals surface area contributed by atoms with E-state index in [0.29, 0.717) is 5.69 Å². The van der Waals surface area contributed by atoms with Gasteiger partial charge in [-0.25, -0.2) is 4.79 Å². The zero-order chi connectivity index (χ0) is 14.6. The number of hydrogen-bond acceptors (Lipinski definition) is 3. The number of aryl methyl sites for hydroxylation is 2. The van der Waals surface area contributed by atoms with Crippen molar-refractivity contribution in [1.29, 1.82) is 0 Å². The average Bonchev–Trinajstić information content (AvgIpc) is 2.33. The van der Waals surface area contributed by atoms with Gasteiger partial charge in [-0.2, -0.15) is 0 Å². The summed E-state index contributed by atoms with van der Waals surface area (Å²) in [5.41, 5.74) is 2.36. The summed E-state index contributed by atoms with van der Waals surface area (Å²) in [6.07, 6.45) is 0. The van der Waals surface area contributed by atoms with Gasteiger partial charge in [-0.3, -0.25) is 9.69 Å². The third-order valence-corrected chi connectivity index (χ3v) is 2.96. The van der Waals surface area contributed by atoms with E-state index in [9.17, 15) is 14.7 Å². The second-order valence-corrected chi connectivity index (χ2v) is 4.45. The van der Waals surface area contributed by atoms with Gasteiger partial charge < -0.3 is 9.84 Å². The molecular formula is C14H19NO4. The highest BCUT2D eigenvalue weighted by Crippen LogP contribution is 2.26. The van der Waals surface area contributed by atoms with Crippen LogP contribution < -0.4 is 4.90 Å². The average molecular weight is 265 g/mol. The molecule has 1 aromatic carbocycles. The summed E-state index contributed by atoms with van der Waals surface area (Å²) in [5.74, 6) is -1.41. The third kappa shape index (κ3) is 3.32. The second kappa shape index (κ2) is 6.33. The highest BCUT2D eigenvalue weighted by atomic mass is 16.5. The number of ether oxygens (including phenoxy) is 1. The van der Waals surface area contributed by atoms with E-state index in [4.69, 9.17) is 4.74 Å². The smallest absolute Gasteiger partial charge is 0.326 e. The summed E-state index contributed by atoms with van der Waals surface area (Å²) in [7, 11) is 1.41. The van der Waals surface area contributed by atoms with Crippen LogP contribution in [-0.2, 0) is 14.3 Å². The van der Waals surface area contributed by atoms with Crippen LogP contribution in [0.25, 0.3) is 0 Å². The van der Waals surface area contributed by atoms with Gasteiger partial charge in [0.15, 0.2) is 0 Å². The van der Waals surface area contributed by atoms with E-state index in [1.165, 1.54) is 18.9 Å². The van der Waals surface area contributed by atoms with E-state index < -0.39 is 12.0 Å². The molecule has 0 fully saturated rings. The number of carboxylic acid groups (broad SMARTS) is 1. The van der Waals surface area contributed by atoms with Crippen LogP contribution in [0.2, 0.25) is 0 Å². The molecule has 0 radical (unpaired) electrons. The van der Waals surface area contributed by atoms with Gasteiger partial charge in [-0.15, -0.1) is 0 Å². The lowest BCUT2D eigenvalue weighted by atomic mass is 10.1. The Labute approximate surface area is 112 Å². The predicted molar refractivity (Wildman–Crippen MR) is 72.4 cm³/mol. The van der Waals surface area contributed by atoms with Gasteiger partial charge in [0, 0.05) is 7.11 Å². The summed E-state index contributed by atoms with van der Waals surface area (Å²) in [4.78, 5) is 24.6. The molecule has 1 amide bonds. The Morgan fingerprint density at radius 1 is 1.32 bits per heavy atom. The summed E-state index contributed by atoms with van der Waals surface area (Å²) < 4.78 is 4.83. The number of nitrogens with zero attached hydrogens (tertiary/aromatic N) is 1.